The maximum atomic E-state index is 10.3. The van der Waals surface area contributed by atoms with Crippen LogP contribution in [0.4, 0.5) is 0 Å². The number of aliphatic carboxylic acids is 3. The summed E-state index contributed by atoms with van der Waals surface area (Å²) in [6.45, 7) is 9.57. The molecule has 14 heteroatoms. The number of hydrogen-bond acceptors (Lipinski definition) is 11. The number of fused-ring (bicyclic) bond motifs is 1. The molecule has 2 aromatic rings. The third-order valence-corrected chi connectivity index (χ3v) is 6.64. The molecule has 1 aromatic carbocycles. The number of carboxylic acid groups (broad SMARTS) is 3. The van der Waals surface area contributed by atoms with Crippen LogP contribution < -0.4 is 14.2 Å². The van der Waals surface area contributed by atoms with Crippen molar-refractivity contribution < 1.29 is 58.2 Å². The van der Waals surface area contributed by atoms with Gasteiger partial charge in [-0.15, -0.1) is 0 Å². The van der Waals surface area contributed by atoms with Gasteiger partial charge < -0.3 is 43.8 Å². The zero-order chi connectivity index (χ0) is 30.7. The van der Waals surface area contributed by atoms with Crippen molar-refractivity contribution in [1.29, 1.82) is 0 Å². The van der Waals surface area contributed by atoms with Crippen LogP contribution in [0.3, 0.4) is 0 Å². The van der Waals surface area contributed by atoms with Crippen molar-refractivity contribution in [2.45, 2.75) is 44.9 Å². The number of aryl methyl sites for hydroxylation is 1. The van der Waals surface area contributed by atoms with Crippen molar-refractivity contribution in [2.75, 3.05) is 53.3 Å². The lowest BCUT2D eigenvalue weighted by Crippen LogP contribution is -2.42. The van der Waals surface area contributed by atoms with Gasteiger partial charge in [-0.05, 0) is 49.7 Å². The molecule has 14 nitrogen and oxygen atoms in total. The van der Waals surface area contributed by atoms with E-state index < -0.39 is 36.4 Å². The highest BCUT2D eigenvalue weighted by Crippen LogP contribution is 2.42. The number of benzene rings is 1. The first-order valence-corrected chi connectivity index (χ1v) is 13.4. The normalized spacial score (nSPS) is 14.8. The topological polar surface area (TPSA) is 189 Å². The van der Waals surface area contributed by atoms with E-state index in [1.165, 1.54) is 0 Å². The van der Waals surface area contributed by atoms with E-state index in [2.05, 4.69) is 15.9 Å². The average Bonchev–Trinajstić information content (AvgIpc) is 3.56. The number of aliphatic hydroxyl groups is 1. The number of morpholine rings is 1. The number of nitrogens with zero attached hydrogens (tertiary/aromatic N) is 2. The van der Waals surface area contributed by atoms with Crippen LogP contribution in [0.5, 0.6) is 17.2 Å². The zero-order valence-electron chi connectivity index (χ0n) is 23.7. The molecule has 1 fully saturated rings. The van der Waals surface area contributed by atoms with Gasteiger partial charge in [0.2, 0.25) is 12.5 Å². The number of furan rings is 1. The van der Waals surface area contributed by atoms with Gasteiger partial charge in [0.1, 0.15) is 11.5 Å². The number of hydrogen-bond donors (Lipinski definition) is 4. The lowest BCUT2D eigenvalue weighted by molar-refractivity contribution is -0.170. The van der Waals surface area contributed by atoms with E-state index in [0.29, 0.717) is 5.75 Å². The van der Waals surface area contributed by atoms with Crippen molar-refractivity contribution in [3.63, 3.8) is 0 Å². The van der Waals surface area contributed by atoms with Crippen LogP contribution in [0.15, 0.2) is 28.7 Å². The van der Waals surface area contributed by atoms with E-state index in [4.69, 9.17) is 43.8 Å². The summed E-state index contributed by atoms with van der Waals surface area (Å²) in [5.74, 6) is -0.926. The minimum Gasteiger partial charge on any atom is -0.493 e. The molecule has 0 bridgehead atoms. The molecule has 232 valence electrons. The smallest absolute Gasteiger partial charge is 0.336 e. The molecule has 0 amide bonds. The summed E-state index contributed by atoms with van der Waals surface area (Å²) in [7, 11) is 1.66. The predicted molar refractivity (Wildman–Crippen MR) is 146 cm³/mol. The highest BCUT2D eigenvalue weighted by Gasteiger charge is 2.40. The SMILES string of the molecule is COc1cc(CN(CCCN2CCOCC2)Cc2ccc(C)o2)cc2c1OCO2.O=C(O)CC(O)(CC(=O)O)C(=O)O. The van der Waals surface area contributed by atoms with E-state index >= 15 is 0 Å². The first kappa shape index (κ1) is 32.7. The first-order chi connectivity index (χ1) is 20.0. The lowest BCUT2D eigenvalue weighted by Gasteiger charge is -2.28. The molecule has 2 aliphatic rings. The standard InChI is InChI=1S/C22H30N2O5.C6H8O7/c1-17-4-5-19(29-17)15-24(7-3-6-23-8-10-26-11-9-23)14-18-12-20(25-2)22-21(13-18)27-16-28-22;7-3(8)1-6(13,5(11)12)2-4(9)10/h4-5,12-13H,3,6-11,14-16H2,1-2H3;13H,1-2H2,(H,7,8)(H,9,10)(H,11,12). The molecule has 4 rings (SSSR count). The van der Waals surface area contributed by atoms with Gasteiger partial charge in [0.15, 0.2) is 17.1 Å². The molecule has 0 radical (unpaired) electrons. The molecular weight excluding hydrogens is 556 g/mol. The van der Waals surface area contributed by atoms with Gasteiger partial charge in [-0.1, -0.05) is 0 Å². The van der Waals surface area contributed by atoms with Gasteiger partial charge in [0.05, 0.1) is 39.7 Å². The number of rotatable bonds is 14. The minimum absolute atomic E-state index is 0.240. The quantitative estimate of drug-likeness (QED) is 0.248. The number of carboxylic acids is 3. The third-order valence-electron chi connectivity index (χ3n) is 6.64. The summed E-state index contributed by atoms with van der Waals surface area (Å²) in [6, 6.07) is 8.17. The second-order valence-electron chi connectivity index (χ2n) is 10.0. The summed E-state index contributed by atoms with van der Waals surface area (Å²) in [4.78, 5) is 35.4. The fourth-order valence-electron chi connectivity index (χ4n) is 4.59. The Morgan fingerprint density at radius 2 is 1.71 bits per heavy atom. The Morgan fingerprint density at radius 3 is 2.29 bits per heavy atom. The molecule has 0 spiro atoms. The van der Waals surface area contributed by atoms with Crippen LogP contribution in [-0.4, -0.2) is 107 Å². The Bertz CT molecular complexity index is 1190. The van der Waals surface area contributed by atoms with Gasteiger partial charge in [0, 0.05) is 26.2 Å². The highest BCUT2D eigenvalue weighted by molar-refractivity contribution is 5.88. The van der Waals surface area contributed by atoms with Gasteiger partial charge in [-0.3, -0.25) is 19.4 Å². The van der Waals surface area contributed by atoms with E-state index in [1.54, 1.807) is 7.11 Å². The van der Waals surface area contributed by atoms with Crippen molar-refractivity contribution in [2.24, 2.45) is 0 Å². The van der Waals surface area contributed by atoms with Crippen LogP contribution in [0.2, 0.25) is 0 Å². The third kappa shape index (κ3) is 9.91. The maximum absolute atomic E-state index is 10.3. The monoisotopic (exact) mass is 594 g/mol. The molecule has 3 heterocycles. The largest absolute Gasteiger partial charge is 0.493 e. The molecule has 1 aromatic heterocycles. The number of methoxy groups -OCH3 is 1. The van der Waals surface area contributed by atoms with Crippen LogP contribution in [0, 0.1) is 6.92 Å². The summed E-state index contributed by atoms with van der Waals surface area (Å²) >= 11 is 0. The minimum atomic E-state index is -2.74. The van der Waals surface area contributed by atoms with Crippen molar-refractivity contribution >= 4 is 17.9 Å². The average molecular weight is 595 g/mol. The fraction of sp³-hybridized carbons (Fsp3) is 0.536. The maximum Gasteiger partial charge on any atom is 0.336 e. The lowest BCUT2D eigenvalue weighted by atomic mass is 9.96. The Labute approximate surface area is 242 Å². The Morgan fingerprint density at radius 1 is 1.02 bits per heavy atom. The van der Waals surface area contributed by atoms with Gasteiger partial charge in [0.25, 0.3) is 0 Å². The van der Waals surface area contributed by atoms with Crippen LogP contribution >= 0.6 is 0 Å². The summed E-state index contributed by atoms with van der Waals surface area (Å²) in [5, 5.41) is 33.8. The van der Waals surface area contributed by atoms with Crippen LogP contribution in [-0.2, 0) is 32.2 Å². The molecule has 0 aliphatic carbocycles. The van der Waals surface area contributed by atoms with Gasteiger partial charge in [-0.2, -0.15) is 0 Å². The highest BCUT2D eigenvalue weighted by atomic mass is 16.7. The molecule has 4 N–H and O–H groups in total. The fourth-order valence-corrected chi connectivity index (χ4v) is 4.59. The molecular formula is C28H38N2O12. The Hall–Kier alpha value is -3.85. The number of carbonyl (C=O) groups is 3. The second kappa shape index (κ2) is 15.4. The molecule has 0 saturated carbocycles. The molecule has 42 heavy (non-hydrogen) atoms. The molecule has 0 unspecified atom stereocenters. The van der Waals surface area contributed by atoms with Gasteiger partial charge in [-0.25, -0.2) is 4.79 Å². The van der Waals surface area contributed by atoms with Crippen LogP contribution in [0.1, 0.15) is 36.3 Å². The van der Waals surface area contributed by atoms with Crippen molar-refractivity contribution in [1.82, 2.24) is 9.80 Å². The summed E-state index contributed by atoms with van der Waals surface area (Å²) in [5.41, 5.74) is -1.60. The van der Waals surface area contributed by atoms with E-state index in [-0.39, 0.29) is 6.79 Å². The second-order valence-corrected chi connectivity index (χ2v) is 10.0. The van der Waals surface area contributed by atoms with Crippen LogP contribution in [0.25, 0.3) is 0 Å². The predicted octanol–water partition coefficient (Wildman–Crippen LogP) is 1.80. The number of ether oxygens (including phenoxy) is 4. The Balaban J connectivity index is 0.000000316. The van der Waals surface area contributed by atoms with E-state index in [0.717, 1.165) is 87.5 Å². The molecule has 0 atom stereocenters. The van der Waals surface area contributed by atoms with Crippen molar-refractivity contribution in [3.05, 3.63) is 41.3 Å². The Kier molecular flexibility index (Phi) is 12.0. The first-order valence-electron chi connectivity index (χ1n) is 13.4. The molecule has 2 aliphatic heterocycles. The van der Waals surface area contributed by atoms with Gasteiger partial charge >= 0.3 is 17.9 Å². The summed E-state index contributed by atoms with van der Waals surface area (Å²) in [6.07, 6.45) is -1.19. The molecule has 1 saturated heterocycles. The zero-order valence-corrected chi connectivity index (χ0v) is 23.7. The van der Waals surface area contributed by atoms with E-state index in [1.807, 2.05) is 25.1 Å². The van der Waals surface area contributed by atoms with Crippen molar-refractivity contribution in [3.8, 4) is 17.2 Å². The summed E-state index contributed by atoms with van der Waals surface area (Å²) < 4.78 is 27.9. The van der Waals surface area contributed by atoms with E-state index in [9.17, 15) is 14.4 Å².